The first-order chi connectivity index (χ1) is 9.75. The number of rotatable bonds is 2. The van der Waals surface area contributed by atoms with Gasteiger partial charge in [-0.05, 0) is 25.7 Å². The smallest absolute Gasteiger partial charge is 0.345 e. The summed E-state index contributed by atoms with van der Waals surface area (Å²) in [5.74, 6) is -0.546. The summed E-state index contributed by atoms with van der Waals surface area (Å²) in [4.78, 5) is 29.0. The number of carbonyl (C=O) groups excluding carboxylic acids is 1. The Morgan fingerprint density at radius 3 is 2.80 bits per heavy atom. The molecule has 2 heterocycles. The van der Waals surface area contributed by atoms with E-state index in [-0.39, 0.29) is 17.2 Å². The second-order valence-corrected chi connectivity index (χ2v) is 5.92. The van der Waals surface area contributed by atoms with Crippen LogP contribution in [-0.4, -0.2) is 21.5 Å². The zero-order valence-electron chi connectivity index (χ0n) is 11.1. The second kappa shape index (κ2) is 5.75. The van der Waals surface area contributed by atoms with Crippen LogP contribution in [0, 0.1) is 0 Å². The van der Waals surface area contributed by atoms with Gasteiger partial charge in [0.1, 0.15) is 11.7 Å². The van der Waals surface area contributed by atoms with Gasteiger partial charge in [0.15, 0.2) is 4.96 Å². The van der Waals surface area contributed by atoms with Gasteiger partial charge in [0.25, 0.3) is 5.56 Å². The highest BCUT2D eigenvalue weighted by atomic mass is 32.1. The van der Waals surface area contributed by atoms with Crippen molar-refractivity contribution in [2.24, 2.45) is 0 Å². The van der Waals surface area contributed by atoms with E-state index in [9.17, 15) is 9.59 Å². The molecule has 0 bridgehead atoms. The largest absolute Gasteiger partial charge is 0.459 e. The maximum atomic E-state index is 12.2. The highest BCUT2D eigenvalue weighted by Gasteiger charge is 2.21. The van der Waals surface area contributed by atoms with Crippen LogP contribution in [-0.2, 0) is 4.74 Å². The Morgan fingerprint density at radius 2 is 2.05 bits per heavy atom. The first-order valence-electron chi connectivity index (χ1n) is 6.91. The summed E-state index contributed by atoms with van der Waals surface area (Å²) in [5.41, 5.74) is -0.333. The minimum absolute atomic E-state index is 0.0187. The molecule has 0 saturated heterocycles. The highest BCUT2D eigenvalue weighted by molar-refractivity contribution is 7.15. The van der Waals surface area contributed by atoms with E-state index in [4.69, 9.17) is 4.74 Å². The molecule has 0 N–H and O–H groups in total. The lowest BCUT2D eigenvalue weighted by Gasteiger charge is -2.14. The fourth-order valence-electron chi connectivity index (χ4n) is 2.54. The quantitative estimate of drug-likeness (QED) is 0.630. The third kappa shape index (κ3) is 2.60. The first kappa shape index (κ1) is 13.3. The molecule has 1 aliphatic rings. The van der Waals surface area contributed by atoms with Gasteiger partial charge in [0, 0.05) is 11.6 Å². The Bertz CT molecular complexity index is 668. The van der Waals surface area contributed by atoms with Crippen molar-refractivity contribution >= 4 is 22.3 Å². The van der Waals surface area contributed by atoms with Gasteiger partial charge in [-0.2, -0.15) is 0 Å². The van der Waals surface area contributed by atoms with Gasteiger partial charge in [0.2, 0.25) is 0 Å². The Kier molecular flexibility index (Phi) is 3.82. The van der Waals surface area contributed by atoms with E-state index < -0.39 is 5.97 Å². The summed E-state index contributed by atoms with van der Waals surface area (Å²) in [7, 11) is 0. The fraction of sp³-hybridized carbons (Fsp3) is 0.500. The molecule has 2 aromatic heterocycles. The van der Waals surface area contributed by atoms with E-state index in [0.717, 1.165) is 25.7 Å². The average molecular weight is 292 g/mol. The van der Waals surface area contributed by atoms with Crippen LogP contribution in [0.3, 0.4) is 0 Å². The molecule has 0 aromatic carbocycles. The number of ether oxygens (including phenoxy) is 1. The molecule has 20 heavy (non-hydrogen) atoms. The molecule has 0 atom stereocenters. The van der Waals surface area contributed by atoms with Crippen LogP contribution < -0.4 is 5.56 Å². The minimum Gasteiger partial charge on any atom is -0.459 e. The lowest BCUT2D eigenvalue weighted by molar-refractivity contribution is 0.0264. The molecule has 6 heteroatoms. The van der Waals surface area contributed by atoms with E-state index in [1.165, 1.54) is 34.8 Å². The Morgan fingerprint density at radius 1 is 1.30 bits per heavy atom. The van der Waals surface area contributed by atoms with Crippen LogP contribution in [0.5, 0.6) is 0 Å². The SMILES string of the molecule is O=C(OC1CCCCCC1)c1cnc2sccn2c1=O. The average Bonchev–Trinajstić information content (AvgIpc) is 2.78. The van der Waals surface area contributed by atoms with Crippen molar-refractivity contribution in [1.82, 2.24) is 9.38 Å². The van der Waals surface area contributed by atoms with Crippen molar-refractivity contribution in [2.45, 2.75) is 44.6 Å². The molecular weight excluding hydrogens is 276 g/mol. The molecule has 1 saturated carbocycles. The predicted molar refractivity (Wildman–Crippen MR) is 76.2 cm³/mol. The summed E-state index contributed by atoms with van der Waals surface area (Å²) in [5, 5.41) is 1.77. The van der Waals surface area contributed by atoms with Gasteiger partial charge in [-0.15, -0.1) is 11.3 Å². The van der Waals surface area contributed by atoms with Crippen molar-refractivity contribution in [3.05, 3.63) is 33.7 Å². The third-order valence-corrected chi connectivity index (χ3v) is 4.41. The van der Waals surface area contributed by atoms with Crippen molar-refractivity contribution in [2.75, 3.05) is 0 Å². The van der Waals surface area contributed by atoms with Crippen molar-refractivity contribution in [3.8, 4) is 0 Å². The monoisotopic (exact) mass is 292 g/mol. The van der Waals surface area contributed by atoms with Gasteiger partial charge in [0.05, 0.1) is 6.20 Å². The van der Waals surface area contributed by atoms with E-state index >= 15 is 0 Å². The fourth-order valence-corrected chi connectivity index (χ4v) is 3.21. The number of nitrogens with zero attached hydrogens (tertiary/aromatic N) is 2. The topological polar surface area (TPSA) is 60.7 Å². The second-order valence-electron chi connectivity index (χ2n) is 5.05. The van der Waals surface area contributed by atoms with Crippen molar-refractivity contribution in [3.63, 3.8) is 0 Å². The molecule has 0 spiro atoms. The molecule has 1 fully saturated rings. The summed E-state index contributed by atoms with van der Waals surface area (Å²) < 4.78 is 6.86. The maximum Gasteiger partial charge on any atom is 0.345 e. The number of esters is 1. The Balaban J connectivity index is 1.81. The van der Waals surface area contributed by atoms with Crippen LogP contribution in [0.15, 0.2) is 22.6 Å². The Hall–Kier alpha value is -1.69. The van der Waals surface area contributed by atoms with E-state index in [1.54, 1.807) is 11.6 Å². The van der Waals surface area contributed by atoms with Crippen LogP contribution in [0.2, 0.25) is 0 Å². The van der Waals surface area contributed by atoms with Crippen LogP contribution in [0.1, 0.15) is 48.9 Å². The zero-order valence-corrected chi connectivity index (χ0v) is 11.9. The van der Waals surface area contributed by atoms with Gasteiger partial charge >= 0.3 is 5.97 Å². The molecule has 5 nitrogen and oxygen atoms in total. The molecule has 2 aromatic rings. The predicted octanol–water partition coefficient (Wildman–Crippen LogP) is 2.64. The molecule has 0 unspecified atom stereocenters. The number of carbonyl (C=O) groups is 1. The Labute approximate surface area is 120 Å². The lowest BCUT2D eigenvalue weighted by atomic mass is 10.1. The molecule has 0 aliphatic heterocycles. The number of hydrogen-bond donors (Lipinski definition) is 0. The lowest BCUT2D eigenvalue weighted by Crippen LogP contribution is -2.26. The first-order valence-corrected chi connectivity index (χ1v) is 7.79. The van der Waals surface area contributed by atoms with E-state index in [2.05, 4.69) is 4.98 Å². The van der Waals surface area contributed by atoms with Crippen molar-refractivity contribution in [1.29, 1.82) is 0 Å². The summed E-state index contributed by atoms with van der Waals surface area (Å²) in [6.07, 6.45) is 9.22. The van der Waals surface area contributed by atoms with Crippen molar-refractivity contribution < 1.29 is 9.53 Å². The number of thiazole rings is 1. The minimum atomic E-state index is -0.546. The standard InChI is InChI=1S/C14H16N2O3S/c17-12-11(9-15-14-16(12)7-8-20-14)13(18)19-10-5-3-1-2-4-6-10/h7-10H,1-6H2. The van der Waals surface area contributed by atoms with Crippen LogP contribution in [0.25, 0.3) is 4.96 Å². The molecule has 0 radical (unpaired) electrons. The summed E-state index contributed by atoms with van der Waals surface area (Å²) in [6, 6.07) is 0. The number of aromatic nitrogens is 2. The van der Waals surface area contributed by atoms with Crippen LogP contribution >= 0.6 is 11.3 Å². The van der Waals surface area contributed by atoms with Gasteiger partial charge in [-0.3, -0.25) is 9.20 Å². The molecular formula is C14H16N2O3S. The normalized spacial score (nSPS) is 17.0. The molecule has 3 rings (SSSR count). The highest BCUT2D eigenvalue weighted by Crippen LogP contribution is 2.20. The van der Waals surface area contributed by atoms with Gasteiger partial charge in [-0.1, -0.05) is 12.8 Å². The number of hydrogen-bond acceptors (Lipinski definition) is 5. The summed E-state index contributed by atoms with van der Waals surface area (Å²) >= 11 is 1.36. The van der Waals surface area contributed by atoms with Gasteiger partial charge in [-0.25, -0.2) is 9.78 Å². The maximum absolute atomic E-state index is 12.2. The van der Waals surface area contributed by atoms with E-state index in [0.29, 0.717) is 4.96 Å². The number of fused-ring (bicyclic) bond motifs is 1. The molecule has 106 valence electrons. The van der Waals surface area contributed by atoms with E-state index in [1.807, 2.05) is 0 Å². The zero-order chi connectivity index (χ0) is 13.9. The van der Waals surface area contributed by atoms with Gasteiger partial charge < -0.3 is 4.74 Å². The van der Waals surface area contributed by atoms with Crippen LogP contribution in [0.4, 0.5) is 0 Å². The molecule has 0 amide bonds. The third-order valence-electron chi connectivity index (χ3n) is 3.64. The molecule has 1 aliphatic carbocycles. The summed E-state index contributed by atoms with van der Waals surface area (Å²) in [6.45, 7) is 0.